The number of nitrogens with zero attached hydrogens (tertiary/aromatic N) is 2. The van der Waals surface area contributed by atoms with E-state index in [2.05, 4.69) is 5.32 Å². The second kappa shape index (κ2) is 8.39. The lowest BCUT2D eigenvalue weighted by atomic mass is 10.0. The maximum atomic E-state index is 14.1. The number of nitrogens with one attached hydrogen (secondary N) is 1. The topological polar surface area (TPSA) is 80.6 Å². The Hall–Kier alpha value is -2.61. The minimum absolute atomic E-state index is 0.0132. The molecule has 32 heavy (non-hydrogen) atoms. The molecule has 172 valence electrons. The molecule has 7 nitrogen and oxygen atoms in total. The van der Waals surface area contributed by atoms with Crippen LogP contribution in [0.25, 0.3) is 10.9 Å². The quantitative estimate of drug-likeness (QED) is 0.737. The highest BCUT2D eigenvalue weighted by molar-refractivity contribution is 6.31. The van der Waals surface area contributed by atoms with Crippen molar-refractivity contribution in [3.63, 3.8) is 0 Å². The number of hydrogen-bond acceptors (Lipinski definition) is 4. The molecule has 1 aliphatic heterocycles. The van der Waals surface area contributed by atoms with E-state index in [1.807, 2.05) is 25.3 Å². The van der Waals surface area contributed by atoms with Crippen molar-refractivity contribution in [2.24, 2.45) is 0 Å². The molecule has 2 heterocycles. The van der Waals surface area contributed by atoms with Gasteiger partial charge in [0.2, 0.25) is 5.43 Å². The van der Waals surface area contributed by atoms with Crippen molar-refractivity contribution < 1.29 is 18.7 Å². The molecule has 2 aromatic rings. The van der Waals surface area contributed by atoms with Gasteiger partial charge >= 0.3 is 6.09 Å². The number of carbonyl (C=O) groups excluding carboxylic acids is 2. The zero-order valence-corrected chi connectivity index (χ0v) is 19.2. The lowest BCUT2D eigenvalue weighted by Gasteiger charge is -2.33. The third kappa shape index (κ3) is 4.75. The van der Waals surface area contributed by atoms with Crippen LogP contribution in [0.5, 0.6) is 0 Å². The van der Waals surface area contributed by atoms with Gasteiger partial charge in [0.1, 0.15) is 17.0 Å². The number of pyridine rings is 1. The molecule has 0 unspecified atom stereocenters. The van der Waals surface area contributed by atoms with E-state index in [0.717, 1.165) is 18.9 Å². The fourth-order valence-electron chi connectivity index (χ4n) is 3.96. The molecule has 0 spiro atoms. The first kappa shape index (κ1) is 22.6. The number of likely N-dealkylation sites (tertiary alicyclic amines) is 1. The predicted octanol–water partition coefficient (Wildman–Crippen LogP) is 4.26. The van der Waals surface area contributed by atoms with Crippen molar-refractivity contribution >= 4 is 34.5 Å². The smallest absolute Gasteiger partial charge is 0.410 e. The molecule has 2 fully saturated rings. The highest BCUT2D eigenvalue weighted by Crippen LogP contribution is 2.37. The summed E-state index contributed by atoms with van der Waals surface area (Å²) in [5, 5.41) is 3.00. The second-order valence-corrected chi connectivity index (χ2v) is 9.92. The highest BCUT2D eigenvalue weighted by Gasteiger charge is 2.30. The van der Waals surface area contributed by atoms with E-state index in [4.69, 9.17) is 16.3 Å². The number of aromatic nitrogens is 1. The zero-order valence-electron chi connectivity index (χ0n) is 18.4. The molecule has 1 aromatic carbocycles. The van der Waals surface area contributed by atoms with E-state index in [1.165, 1.54) is 6.07 Å². The number of halogens is 2. The van der Waals surface area contributed by atoms with Gasteiger partial charge in [0, 0.05) is 36.8 Å². The minimum atomic E-state index is -0.689. The van der Waals surface area contributed by atoms with Crippen molar-refractivity contribution in [3.8, 4) is 0 Å². The fraction of sp³-hybridized carbons (Fsp3) is 0.522. The molecule has 4 rings (SSSR count). The van der Waals surface area contributed by atoms with Gasteiger partial charge < -0.3 is 19.5 Å². The summed E-state index contributed by atoms with van der Waals surface area (Å²) in [5.74, 6) is -1.18. The minimum Gasteiger partial charge on any atom is -0.444 e. The Morgan fingerprint density at radius 1 is 1.16 bits per heavy atom. The molecule has 1 aliphatic carbocycles. The molecular weight excluding hydrogens is 437 g/mol. The summed E-state index contributed by atoms with van der Waals surface area (Å²) in [5.41, 5.74) is -0.563. The molecule has 0 radical (unpaired) electrons. The highest BCUT2D eigenvalue weighted by atomic mass is 35.5. The Morgan fingerprint density at radius 2 is 1.81 bits per heavy atom. The van der Waals surface area contributed by atoms with Gasteiger partial charge in [-0.15, -0.1) is 0 Å². The Morgan fingerprint density at radius 3 is 2.41 bits per heavy atom. The van der Waals surface area contributed by atoms with Gasteiger partial charge in [0.25, 0.3) is 5.91 Å². The van der Waals surface area contributed by atoms with Crippen LogP contribution in [-0.4, -0.2) is 46.2 Å². The Kier molecular flexibility index (Phi) is 5.92. The van der Waals surface area contributed by atoms with Crippen LogP contribution in [0.2, 0.25) is 5.02 Å². The molecule has 1 saturated carbocycles. The number of hydrogen-bond donors (Lipinski definition) is 1. The Labute approximate surface area is 190 Å². The molecule has 1 aromatic heterocycles. The maximum Gasteiger partial charge on any atom is 0.410 e. The van der Waals surface area contributed by atoms with Crippen molar-refractivity contribution in [2.45, 2.75) is 64.1 Å². The lowest BCUT2D eigenvalue weighted by molar-refractivity contribution is 0.0199. The summed E-state index contributed by atoms with van der Waals surface area (Å²) in [4.78, 5) is 39.8. The molecule has 1 N–H and O–H groups in total. The number of carbonyl (C=O) groups is 2. The van der Waals surface area contributed by atoms with Crippen LogP contribution in [0.3, 0.4) is 0 Å². The third-order valence-corrected chi connectivity index (χ3v) is 6.03. The lowest BCUT2D eigenvalue weighted by Crippen LogP contribution is -2.48. The van der Waals surface area contributed by atoms with Crippen molar-refractivity contribution in [1.82, 2.24) is 14.8 Å². The van der Waals surface area contributed by atoms with Gasteiger partial charge in [-0.3, -0.25) is 9.59 Å². The number of ether oxygens (including phenoxy) is 1. The van der Waals surface area contributed by atoms with E-state index in [9.17, 15) is 18.8 Å². The van der Waals surface area contributed by atoms with Gasteiger partial charge in [-0.05, 0) is 58.6 Å². The van der Waals surface area contributed by atoms with Gasteiger partial charge in [0.15, 0.2) is 0 Å². The van der Waals surface area contributed by atoms with Gasteiger partial charge in [-0.25, -0.2) is 9.18 Å². The molecule has 9 heteroatoms. The fourth-order valence-corrected chi connectivity index (χ4v) is 4.11. The normalized spacial score (nSPS) is 17.5. The SMILES string of the molecule is CC(C)(C)OC(=O)N1CCC(NC(=O)c2cn(C3CC3)c3cc(Cl)c(F)cc3c2=O)CC1. The summed E-state index contributed by atoms with van der Waals surface area (Å²) >= 11 is 5.93. The van der Waals surface area contributed by atoms with Gasteiger partial charge in [0.05, 0.1) is 10.5 Å². The molecule has 2 amide bonds. The third-order valence-electron chi connectivity index (χ3n) is 5.74. The van der Waals surface area contributed by atoms with Crippen LogP contribution in [0, 0.1) is 5.82 Å². The summed E-state index contributed by atoms with van der Waals surface area (Å²) in [6.07, 6.45) is 4.15. The van der Waals surface area contributed by atoms with E-state index in [0.29, 0.717) is 31.4 Å². The van der Waals surface area contributed by atoms with Crippen LogP contribution in [0.15, 0.2) is 23.1 Å². The molecule has 1 saturated heterocycles. The largest absolute Gasteiger partial charge is 0.444 e. The average Bonchev–Trinajstić information content (AvgIpc) is 3.54. The van der Waals surface area contributed by atoms with Crippen molar-refractivity contribution in [2.75, 3.05) is 13.1 Å². The van der Waals surface area contributed by atoms with Crippen molar-refractivity contribution in [3.05, 3.63) is 45.0 Å². The summed E-state index contributed by atoms with van der Waals surface area (Å²) in [7, 11) is 0. The standard InChI is InChI=1S/C23H27ClFN3O4/c1-23(2,3)32-22(31)27-8-6-13(7-9-27)26-21(30)16-12-28(14-4-5-14)19-11-17(24)18(25)10-15(19)20(16)29/h10-14H,4-9H2,1-3H3,(H,26,30). The van der Waals surface area contributed by atoms with Crippen LogP contribution < -0.4 is 10.7 Å². The van der Waals surface area contributed by atoms with Crippen LogP contribution in [0.1, 0.15) is 62.9 Å². The van der Waals surface area contributed by atoms with E-state index < -0.39 is 22.8 Å². The van der Waals surface area contributed by atoms with Crippen LogP contribution >= 0.6 is 11.6 Å². The monoisotopic (exact) mass is 463 g/mol. The number of benzene rings is 1. The van der Waals surface area contributed by atoms with Crippen LogP contribution in [-0.2, 0) is 4.74 Å². The Bertz CT molecular complexity index is 1130. The summed E-state index contributed by atoms with van der Waals surface area (Å²) in [6.45, 7) is 6.35. The first-order valence-corrected chi connectivity index (χ1v) is 11.2. The summed E-state index contributed by atoms with van der Waals surface area (Å²) in [6, 6.07) is 2.55. The van der Waals surface area contributed by atoms with E-state index >= 15 is 0 Å². The number of rotatable bonds is 3. The molecule has 0 atom stereocenters. The predicted molar refractivity (Wildman–Crippen MR) is 120 cm³/mol. The molecule has 2 aliphatic rings. The number of fused-ring (bicyclic) bond motifs is 1. The van der Waals surface area contributed by atoms with Gasteiger partial charge in [-0.2, -0.15) is 0 Å². The molecule has 0 bridgehead atoms. The second-order valence-electron chi connectivity index (χ2n) is 9.51. The first-order valence-electron chi connectivity index (χ1n) is 10.9. The van der Waals surface area contributed by atoms with Crippen LogP contribution in [0.4, 0.5) is 9.18 Å². The number of amides is 2. The average molecular weight is 464 g/mol. The zero-order chi connectivity index (χ0) is 23.2. The maximum absolute atomic E-state index is 14.1. The van der Waals surface area contributed by atoms with Crippen molar-refractivity contribution in [1.29, 1.82) is 0 Å². The molecular formula is C23H27ClFN3O4. The summed E-state index contributed by atoms with van der Waals surface area (Å²) < 4.78 is 21.3. The van der Waals surface area contributed by atoms with E-state index in [1.54, 1.807) is 11.1 Å². The van der Waals surface area contributed by atoms with E-state index in [-0.39, 0.29) is 34.1 Å². The Balaban J connectivity index is 1.50. The van der Waals surface area contributed by atoms with Gasteiger partial charge in [-0.1, -0.05) is 11.6 Å². The number of piperidine rings is 1. The first-order chi connectivity index (χ1) is 15.0.